The molecule has 0 radical (unpaired) electrons. The summed E-state index contributed by atoms with van der Waals surface area (Å²) in [4.78, 5) is -3.61. The van der Waals surface area contributed by atoms with Crippen LogP contribution in [0.5, 0.6) is 5.75 Å². The number of rotatable bonds is 16. The van der Waals surface area contributed by atoms with Crippen molar-refractivity contribution >= 4 is 99.9 Å². The monoisotopic (exact) mass is 991 g/mol. The van der Waals surface area contributed by atoms with Crippen LogP contribution in [-0.2, 0) is 69.1 Å². The normalized spacial score (nSPS) is 12.7. The fourth-order valence-corrected chi connectivity index (χ4v) is 8.85. The number of benzene rings is 4. The predicted octanol–water partition coefficient (Wildman–Crippen LogP) is -10.7. The number of aromatic hydroxyl groups is 1. The van der Waals surface area contributed by atoms with Crippen LogP contribution in [0.25, 0.3) is 10.8 Å². The van der Waals surface area contributed by atoms with Gasteiger partial charge in [0.2, 0.25) is 20.8 Å². The molecule has 4 aromatic carbocycles. The number of phenolic OH excluding ortho intramolecular Hbond substituents is 1. The van der Waals surface area contributed by atoms with Gasteiger partial charge in [-0.1, -0.05) is 12.1 Å². The van der Waals surface area contributed by atoms with Gasteiger partial charge in [-0.05, 0) is 53.9 Å². The second-order valence-corrected chi connectivity index (χ2v) is 19.7. The van der Waals surface area contributed by atoms with Crippen molar-refractivity contribution in [3.8, 4) is 5.75 Å². The van der Waals surface area contributed by atoms with E-state index in [1.54, 1.807) is 0 Å². The number of nitrogens with two attached hydrogens (primary N) is 1. The minimum absolute atomic E-state index is 0. The van der Waals surface area contributed by atoms with Crippen molar-refractivity contribution in [3.63, 3.8) is 0 Å². The molecule has 0 aliphatic rings. The maximum Gasteiger partial charge on any atom is 1.00 e. The molecule has 304 valence electrons. The topological polar surface area (TPSA) is 411 Å². The third-order valence-corrected chi connectivity index (χ3v) is 12.9. The van der Waals surface area contributed by atoms with E-state index in [2.05, 4.69) is 28.8 Å². The van der Waals surface area contributed by atoms with E-state index in [9.17, 15) is 73.8 Å². The Labute approximate surface area is 431 Å². The zero-order chi connectivity index (χ0) is 42.1. The summed E-state index contributed by atoms with van der Waals surface area (Å²) in [6, 6.07) is 9.22. The predicted molar refractivity (Wildman–Crippen MR) is 183 cm³/mol. The molecular weight excluding hydrogens is 971 g/mol. The number of azo groups is 2. The van der Waals surface area contributed by atoms with Gasteiger partial charge in [-0.2, -0.15) is 10.2 Å². The first-order chi connectivity index (χ1) is 25.6. The van der Waals surface area contributed by atoms with Crippen molar-refractivity contribution in [3.05, 3.63) is 60.7 Å². The summed E-state index contributed by atoms with van der Waals surface area (Å²) < 4.78 is 196. The number of nitrogen functional groups attached to an aromatic ring is 1. The Hall–Kier alpha value is -0.600. The molecule has 34 heteroatoms. The van der Waals surface area contributed by atoms with Gasteiger partial charge < -0.3 is 29.1 Å². The van der Waals surface area contributed by atoms with Crippen molar-refractivity contribution < 1.29 is 200 Å². The molecule has 0 aliphatic carbocycles. The van der Waals surface area contributed by atoms with E-state index < -0.39 is 139 Å². The number of nitrogens with zero attached hydrogens (tertiary/aromatic N) is 4. The zero-order valence-electron chi connectivity index (χ0n) is 31.2. The van der Waals surface area contributed by atoms with E-state index in [-0.39, 0.29) is 130 Å². The van der Waals surface area contributed by atoms with Crippen LogP contribution in [-0.4, -0.2) is 98.5 Å². The van der Waals surface area contributed by atoms with E-state index >= 15 is 0 Å². The van der Waals surface area contributed by atoms with E-state index in [4.69, 9.17) is 5.73 Å². The minimum atomic E-state index is -5.61. The van der Waals surface area contributed by atoms with Crippen molar-refractivity contribution in [1.29, 1.82) is 0 Å². The summed E-state index contributed by atoms with van der Waals surface area (Å²) in [5.41, 5.74) is 2.44. The van der Waals surface area contributed by atoms with Crippen LogP contribution < -0.4 is 124 Å². The average Bonchev–Trinajstić information content (AvgIpc) is 3.05. The maximum atomic E-state index is 12.6. The van der Waals surface area contributed by atoms with Crippen molar-refractivity contribution in [2.75, 3.05) is 30.5 Å². The molecule has 0 amide bonds. The molecule has 0 unspecified atom stereocenters. The molecule has 0 aliphatic heterocycles. The van der Waals surface area contributed by atoms with E-state index in [0.29, 0.717) is 12.1 Å². The Bertz CT molecular complexity index is 2790. The van der Waals surface area contributed by atoms with Crippen LogP contribution >= 0.6 is 0 Å². The van der Waals surface area contributed by atoms with E-state index in [1.807, 2.05) is 0 Å². The summed E-state index contributed by atoms with van der Waals surface area (Å²) in [5, 5.41) is 24.4. The van der Waals surface area contributed by atoms with Gasteiger partial charge in [0, 0.05) is 0 Å². The fraction of sp³-hybridized carbons (Fsp3) is 0.154. The molecule has 0 atom stereocenters. The maximum absolute atomic E-state index is 12.6. The smallest absolute Gasteiger partial charge is 0.744 e. The SMILES string of the molecule is Nc1c(N=Nc2cccc(S(=O)(=O)CCOS(=O)(=O)[O-])c2)c(S(=O)(=O)[O-])cc2cc(S(=O)(=O)[O-])c(N=Nc3cccc(S(=O)(=O)CCOS(=O)(=O)[O-])c3)c(O)c12.[Na+].[Na+].[Na+].[Na+]. The average molecular weight is 992 g/mol. The van der Waals surface area contributed by atoms with Gasteiger partial charge in [0.05, 0.1) is 66.7 Å². The van der Waals surface area contributed by atoms with Crippen molar-refractivity contribution in [2.45, 2.75) is 19.6 Å². The summed E-state index contributed by atoms with van der Waals surface area (Å²) >= 11 is 0. The second-order valence-electron chi connectivity index (χ2n) is 10.7. The molecule has 0 heterocycles. The zero-order valence-corrected chi connectivity index (χ0v) is 44.1. The van der Waals surface area contributed by atoms with Gasteiger partial charge in [0.15, 0.2) is 25.4 Å². The summed E-state index contributed by atoms with van der Waals surface area (Å²) in [7, 11) is -30.3. The molecule has 0 bridgehead atoms. The standard InChI is InChI=1S/C26H25N5O19S6.4Na/c27-23-22-15(11-20(53(37,38)39)24(23)30-28-16-3-1-5-18(13-16)51(33,34)9-7-49-55(43,44)45)12-21(54(40,41)42)25(26(22)32)31-29-17-4-2-6-19(14-17)52(35,36)10-8-50-56(46,47)48;;;;/h1-6,11-14,32H,7-10,27H2,(H,37,38,39)(H,40,41,42)(H,43,44,45)(H,46,47,48);;;;/q;4*+1/p-4. The van der Waals surface area contributed by atoms with Gasteiger partial charge in [-0.3, -0.25) is 8.37 Å². The second kappa shape index (κ2) is 23.0. The Balaban J connectivity index is 0.00000870. The number of sulfone groups is 2. The molecule has 24 nitrogen and oxygen atoms in total. The van der Waals surface area contributed by atoms with Crippen LogP contribution in [0.4, 0.5) is 28.4 Å². The minimum Gasteiger partial charge on any atom is -0.744 e. The molecular formula is C26H21N5Na4O19S6. The molecule has 4 rings (SSSR count). The summed E-state index contributed by atoms with van der Waals surface area (Å²) in [6.45, 7) is -2.08. The van der Waals surface area contributed by atoms with Crippen LogP contribution in [0.3, 0.4) is 0 Å². The number of anilines is 1. The first kappa shape index (κ1) is 59.4. The summed E-state index contributed by atoms with van der Waals surface area (Å²) in [6.07, 6.45) is 0. The Morgan fingerprint density at radius 1 is 0.550 bits per heavy atom. The van der Waals surface area contributed by atoms with Crippen LogP contribution in [0, 0.1) is 0 Å². The van der Waals surface area contributed by atoms with Gasteiger partial charge >= 0.3 is 118 Å². The summed E-state index contributed by atoms with van der Waals surface area (Å²) in [5.74, 6) is -3.22. The number of phenols is 1. The Morgan fingerprint density at radius 2 is 0.917 bits per heavy atom. The van der Waals surface area contributed by atoms with E-state index in [0.717, 1.165) is 48.5 Å². The molecule has 60 heavy (non-hydrogen) atoms. The molecule has 3 N–H and O–H groups in total. The number of fused-ring (bicyclic) bond motifs is 1. The van der Waals surface area contributed by atoms with Crippen molar-refractivity contribution in [2.24, 2.45) is 20.5 Å². The van der Waals surface area contributed by atoms with Gasteiger partial charge in [0.1, 0.15) is 31.6 Å². The molecule has 0 spiro atoms. The van der Waals surface area contributed by atoms with Crippen LogP contribution in [0.15, 0.2) is 101 Å². The first-order valence-corrected chi connectivity index (χ1v) is 23.1. The van der Waals surface area contributed by atoms with Crippen LogP contribution in [0.2, 0.25) is 0 Å². The first-order valence-electron chi connectivity index (χ1n) is 14.3. The largest absolute Gasteiger partial charge is 1.00 e. The third kappa shape index (κ3) is 16.4. The van der Waals surface area contributed by atoms with Crippen LogP contribution in [0.1, 0.15) is 0 Å². The third-order valence-electron chi connectivity index (χ3n) is 6.90. The number of hydrogen-bond donors (Lipinski definition) is 2. The Morgan fingerprint density at radius 3 is 1.28 bits per heavy atom. The fourth-order valence-electron chi connectivity index (χ4n) is 4.51. The van der Waals surface area contributed by atoms with Crippen molar-refractivity contribution in [1.82, 2.24) is 0 Å². The molecule has 0 fully saturated rings. The van der Waals surface area contributed by atoms with E-state index in [1.165, 1.54) is 0 Å². The molecule has 0 saturated carbocycles. The van der Waals surface area contributed by atoms with Gasteiger partial charge in [0.25, 0.3) is 0 Å². The van der Waals surface area contributed by atoms with Gasteiger partial charge in [-0.25, -0.2) is 50.5 Å². The Kier molecular flexibility index (Phi) is 22.8. The molecule has 0 aromatic heterocycles. The van der Waals surface area contributed by atoms with Gasteiger partial charge in [-0.15, -0.1) is 10.2 Å². The quantitative estimate of drug-likeness (QED) is 0.0346. The molecule has 4 aromatic rings. The number of hydrogen-bond acceptors (Lipinski definition) is 24. The molecule has 0 saturated heterocycles.